The number of alkyl halides is 1. The molecule has 19 heavy (non-hydrogen) atoms. The van der Waals surface area contributed by atoms with Gasteiger partial charge < -0.3 is 14.7 Å². The number of amidine groups is 1. The summed E-state index contributed by atoms with van der Waals surface area (Å²) in [6.45, 7) is 1.24. The number of hydrogen-bond acceptors (Lipinski definition) is 4. The molecule has 0 aliphatic carbocycles. The highest BCUT2D eigenvalue weighted by Crippen LogP contribution is 2.29. The van der Waals surface area contributed by atoms with Gasteiger partial charge in [0.2, 0.25) is 6.19 Å². The Labute approximate surface area is 125 Å². The monoisotopic (exact) mass is 371 g/mol. The number of aliphatic imine (C=N–C) groups is 1. The Morgan fingerprint density at radius 2 is 2.00 bits per heavy atom. The number of piperidine rings is 1. The highest BCUT2D eigenvalue weighted by Gasteiger charge is 2.31. The van der Waals surface area contributed by atoms with E-state index in [1.165, 1.54) is 0 Å². The average molecular weight is 371 g/mol. The van der Waals surface area contributed by atoms with E-state index in [2.05, 4.69) is 27.6 Å². The van der Waals surface area contributed by atoms with Crippen molar-refractivity contribution in [1.82, 2.24) is 4.90 Å². The van der Waals surface area contributed by atoms with E-state index in [1.54, 1.807) is 6.19 Å². The van der Waals surface area contributed by atoms with Gasteiger partial charge in [-0.1, -0.05) is 18.2 Å². The molecule has 2 rings (SSSR count). The molecule has 1 saturated heterocycles. The van der Waals surface area contributed by atoms with Gasteiger partial charge in [-0.15, -0.1) is 4.99 Å². The highest BCUT2D eigenvalue weighted by atomic mass is 127. The van der Waals surface area contributed by atoms with Crippen LogP contribution in [0.4, 0.5) is 0 Å². The molecule has 1 aliphatic heterocycles. The smallest absolute Gasteiger partial charge is 0.308 e. The van der Waals surface area contributed by atoms with Gasteiger partial charge in [0.25, 0.3) is 0 Å². The lowest BCUT2D eigenvalue weighted by Gasteiger charge is -2.35. The van der Waals surface area contributed by atoms with Crippen LogP contribution in [0.2, 0.25) is 0 Å². The van der Waals surface area contributed by atoms with Crippen molar-refractivity contribution in [3.05, 3.63) is 30.3 Å². The first kappa shape index (κ1) is 14.1. The first-order chi connectivity index (χ1) is 9.11. The van der Waals surface area contributed by atoms with E-state index < -0.39 is 3.61 Å². The van der Waals surface area contributed by atoms with Crippen molar-refractivity contribution < 1.29 is 9.84 Å². The van der Waals surface area contributed by atoms with Gasteiger partial charge in [0, 0.05) is 25.9 Å². The summed E-state index contributed by atoms with van der Waals surface area (Å²) in [5.74, 6) is 0.645. The van der Waals surface area contributed by atoms with Gasteiger partial charge >= 0.3 is 6.02 Å². The third-order valence-electron chi connectivity index (χ3n) is 2.90. The number of hydrogen-bond donors (Lipinski definition) is 1. The van der Waals surface area contributed by atoms with Crippen LogP contribution in [0.1, 0.15) is 12.8 Å². The van der Waals surface area contributed by atoms with Gasteiger partial charge in [-0.05, 0) is 34.7 Å². The number of nitrogens with zero attached hydrogens (tertiary/aromatic N) is 3. The first-order valence-corrected chi connectivity index (χ1v) is 7.04. The van der Waals surface area contributed by atoms with E-state index in [-0.39, 0.29) is 0 Å². The van der Waals surface area contributed by atoms with Crippen molar-refractivity contribution >= 4 is 28.6 Å². The second-order valence-corrected chi connectivity index (χ2v) is 6.32. The summed E-state index contributed by atoms with van der Waals surface area (Å²) < 4.78 is 4.96. The standard InChI is InChI=1S/C13H14IN3O2/c14-13(18)6-8-17(9-7-13)12(16-10-15)19-11-4-2-1-3-5-11/h1-5,18H,6-9H2. The van der Waals surface area contributed by atoms with Gasteiger partial charge in [0.1, 0.15) is 9.36 Å². The second-order valence-electron chi connectivity index (χ2n) is 4.31. The zero-order valence-corrected chi connectivity index (χ0v) is 12.4. The van der Waals surface area contributed by atoms with Crippen molar-refractivity contribution in [2.45, 2.75) is 16.4 Å². The van der Waals surface area contributed by atoms with Gasteiger partial charge in [-0.3, -0.25) is 0 Å². The topological polar surface area (TPSA) is 68.8 Å². The van der Waals surface area contributed by atoms with E-state index in [9.17, 15) is 5.11 Å². The van der Waals surface area contributed by atoms with Crippen molar-refractivity contribution in [2.24, 2.45) is 4.99 Å². The number of nitriles is 1. The largest absolute Gasteiger partial charge is 0.425 e. The first-order valence-electron chi connectivity index (χ1n) is 5.97. The minimum absolute atomic E-state index is 0.292. The molecule has 1 aromatic rings. The summed E-state index contributed by atoms with van der Waals surface area (Å²) >= 11 is 2.05. The van der Waals surface area contributed by atoms with Crippen molar-refractivity contribution in [2.75, 3.05) is 13.1 Å². The Kier molecular flexibility index (Phi) is 4.61. The lowest BCUT2D eigenvalue weighted by molar-refractivity contribution is 0.0879. The van der Waals surface area contributed by atoms with Crippen molar-refractivity contribution in [1.29, 1.82) is 5.26 Å². The summed E-state index contributed by atoms with van der Waals surface area (Å²) in [4.78, 5) is 5.61. The molecule has 0 aromatic heterocycles. The van der Waals surface area contributed by atoms with E-state index in [0.717, 1.165) is 0 Å². The van der Waals surface area contributed by atoms with E-state index in [0.29, 0.717) is 37.7 Å². The zero-order valence-electron chi connectivity index (χ0n) is 10.3. The average Bonchev–Trinajstić information content (AvgIpc) is 2.39. The number of para-hydroxylation sites is 1. The van der Waals surface area contributed by atoms with Crippen LogP contribution in [0.5, 0.6) is 5.75 Å². The Bertz CT molecular complexity index is 486. The fraction of sp³-hybridized carbons (Fsp3) is 0.385. The molecule has 0 amide bonds. The maximum absolute atomic E-state index is 9.91. The van der Waals surface area contributed by atoms with Crippen LogP contribution in [0.3, 0.4) is 0 Å². The molecule has 1 heterocycles. The summed E-state index contributed by atoms with van der Waals surface area (Å²) in [7, 11) is 0. The quantitative estimate of drug-likeness (QED) is 0.270. The summed E-state index contributed by atoms with van der Waals surface area (Å²) in [5, 5.41) is 18.7. The number of halogens is 1. The predicted octanol–water partition coefficient (Wildman–Crippen LogP) is 2.12. The molecular weight excluding hydrogens is 357 g/mol. The maximum Gasteiger partial charge on any atom is 0.308 e. The van der Waals surface area contributed by atoms with Crippen LogP contribution in [0.25, 0.3) is 0 Å². The molecule has 0 unspecified atom stereocenters. The molecule has 0 atom stereocenters. The van der Waals surface area contributed by atoms with E-state index in [1.807, 2.05) is 35.2 Å². The van der Waals surface area contributed by atoms with E-state index >= 15 is 0 Å². The van der Waals surface area contributed by atoms with Crippen LogP contribution >= 0.6 is 22.6 Å². The van der Waals surface area contributed by atoms with Gasteiger partial charge in [0.05, 0.1) is 0 Å². The Hall–Kier alpha value is -1.33. The fourth-order valence-corrected chi connectivity index (χ4v) is 2.32. The van der Waals surface area contributed by atoms with Crippen LogP contribution < -0.4 is 4.74 Å². The summed E-state index contributed by atoms with van der Waals surface area (Å²) in [5.41, 5.74) is 0. The third kappa shape index (κ3) is 4.08. The molecular formula is C13H14IN3O2. The van der Waals surface area contributed by atoms with Crippen LogP contribution in [0.15, 0.2) is 35.3 Å². The van der Waals surface area contributed by atoms with Crippen LogP contribution in [-0.4, -0.2) is 32.7 Å². The molecule has 0 radical (unpaired) electrons. The van der Waals surface area contributed by atoms with Crippen LogP contribution in [-0.2, 0) is 0 Å². The minimum Gasteiger partial charge on any atom is -0.425 e. The lowest BCUT2D eigenvalue weighted by Crippen LogP contribution is -2.45. The molecule has 5 nitrogen and oxygen atoms in total. The molecule has 6 heteroatoms. The maximum atomic E-state index is 9.91. The van der Waals surface area contributed by atoms with Gasteiger partial charge in [-0.2, -0.15) is 5.26 Å². The molecule has 0 bridgehead atoms. The fourth-order valence-electron chi connectivity index (χ4n) is 1.84. The van der Waals surface area contributed by atoms with Crippen LogP contribution in [0, 0.1) is 11.5 Å². The minimum atomic E-state index is -0.668. The van der Waals surface area contributed by atoms with Crippen molar-refractivity contribution in [3.63, 3.8) is 0 Å². The molecule has 1 N–H and O–H groups in total. The number of likely N-dealkylation sites (tertiary alicyclic amines) is 1. The molecule has 0 spiro atoms. The Morgan fingerprint density at radius 1 is 1.37 bits per heavy atom. The molecule has 1 aromatic carbocycles. The lowest BCUT2D eigenvalue weighted by atomic mass is 10.1. The van der Waals surface area contributed by atoms with Crippen molar-refractivity contribution in [3.8, 4) is 11.9 Å². The van der Waals surface area contributed by atoms with E-state index in [4.69, 9.17) is 10.00 Å². The second kappa shape index (κ2) is 6.21. The number of ether oxygens (including phenoxy) is 1. The molecule has 100 valence electrons. The number of aliphatic hydroxyl groups is 1. The highest BCUT2D eigenvalue weighted by molar-refractivity contribution is 14.1. The zero-order chi connectivity index (χ0) is 13.7. The summed E-state index contributed by atoms with van der Waals surface area (Å²) in [6, 6.07) is 9.53. The van der Waals surface area contributed by atoms with Gasteiger partial charge in [-0.25, -0.2) is 0 Å². The molecule has 0 saturated carbocycles. The SMILES string of the molecule is N#CN=C(Oc1ccccc1)N1CCC(O)(I)CC1. The summed E-state index contributed by atoms with van der Waals surface area (Å²) in [6.07, 6.45) is 3.01. The third-order valence-corrected chi connectivity index (χ3v) is 3.98. The number of rotatable bonds is 1. The molecule has 1 aliphatic rings. The Morgan fingerprint density at radius 3 is 2.58 bits per heavy atom. The number of benzene rings is 1. The Balaban J connectivity index is 2.06. The normalized spacial score (nSPS) is 18.8. The molecule has 1 fully saturated rings. The predicted molar refractivity (Wildman–Crippen MR) is 79.9 cm³/mol. The van der Waals surface area contributed by atoms with Gasteiger partial charge in [0.15, 0.2) is 0 Å².